The molecule has 1 aliphatic rings. The highest BCUT2D eigenvalue weighted by atomic mass is 35.5. The van der Waals surface area contributed by atoms with Gasteiger partial charge in [-0.05, 0) is 34.9 Å². The highest BCUT2D eigenvalue weighted by Gasteiger charge is 2.47. The Morgan fingerprint density at radius 2 is 1.22 bits per heavy atom. The Bertz CT molecular complexity index is 1810. The van der Waals surface area contributed by atoms with E-state index < -0.39 is 5.60 Å². The zero-order valence-corrected chi connectivity index (χ0v) is 20.7. The van der Waals surface area contributed by atoms with E-state index in [9.17, 15) is 5.11 Å². The SMILES string of the molecule is OC1(c2ccccc2-c2ccccc2)c2ccccc2-c2c(-c3cccc(Cl)c3)nc3ccccc3c21. The van der Waals surface area contributed by atoms with Gasteiger partial charge in [0.15, 0.2) is 0 Å². The molecule has 1 unspecified atom stereocenters. The van der Waals surface area contributed by atoms with Crippen molar-refractivity contribution in [2.24, 2.45) is 0 Å². The van der Waals surface area contributed by atoms with E-state index >= 15 is 0 Å². The second-order valence-electron chi connectivity index (χ2n) is 9.41. The molecular weight excluding hydrogens is 474 g/mol. The van der Waals surface area contributed by atoms with E-state index in [0.29, 0.717) is 5.02 Å². The lowest BCUT2D eigenvalue weighted by Crippen LogP contribution is -2.27. The maximum Gasteiger partial charge on any atom is 0.143 e. The number of rotatable bonds is 3. The summed E-state index contributed by atoms with van der Waals surface area (Å²) in [5.41, 5.74) is 7.74. The Labute approximate surface area is 220 Å². The van der Waals surface area contributed by atoms with Crippen molar-refractivity contribution >= 4 is 22.5 Å². The maximum absolute atomic E-state index is 13.1. The van der Waals surface area contributed by atoms with Crippen LogP contribution in [0, 0.1) is 0 Å². The largest absolute Gasteiger partial charge is 0.376 e. The van der Waals surface area contributed by atoms with Gasteiger partial charge in [0.05, 0.1) is 11.2 Å². The number of para-hydroxylation sites is 1. The number of aromatic nitrogens is 1. The molecule has 0 spiro atoms. The number of aliphatic hydroxyl groups is 1. The van der Waals surface area contributed by atoms with Crippen LogP contribution in [0.4, 0.5) is 0 Å². The highest BCUT2D eigenvalue weighted by molar-refractivity contribution is 6.30. The van der Waals surface area contributed by atoms with Crippen LogP contribution in [0.3, 0.4) is 0 Å². The van der Waals surface area contributed by atoms with Gasteiger partial charge >= 0.3 is 0 Å². The molecule has 0 saturated carbocycles. The van der Waals surface area contributed by atoms with Crippen LogP contribution < -0.4 is 0 Å². The van der Waals surface area contributed by atoms with Crippen molar-refractivity contribution < 1.29 is 5.11 Å². The fourth-order valence-electron chi connectivity index (χ4n) is 5.79. The quantitative estimate of drug-likeness (QED) is 0.267. The standard InChI is InChI=1S/C34H22ClNO/c35-24-14-10-13-23(21-24)33-31-26-16-5-8-19-29(26)34(37,32(31)27-17-6-9-20-30(27)36-33)28-18-7-4-15-25(28)22-11-2-1-3-12-22/h1-21,37H. The molecule has 1 atom stereocenters. The van der Waals surface area contributed by atoms with Crippen LogP contribution in [0.2, 0.25) is 5.02 Å². The molecule has 2 nitrogen and oxygen atoms in total. The van der Waals surface area contributed by atoms with Crippen LogP contribution >= 0.6 is 11.6 Å². The van der Waals surface area contributed by atoms with Gasteiger partial charge in [0, 0.05) is 38.2 Å². The molecule has 6 aromatic rings. The minimum atomic E-state index is -1.38. The molecule has 37 heavy (non-hydrogen) atoms. The summed E-state index contributed by atoms with van der Waals surface area (Å²) < 4.78 is 0. The number of halogens is 1. The van der Waals surface area contributed by atoms with E-state index in [0.717, 1.165) is 61.1 Å². The molecule has 0 bridgehead atoms. The van der Waals surface area contributed by atoms with Crippen LogP contribution in [0.5, 0.6) is 0 Å². The molecule has 3 heteroatoms. The number of fused-ring (bicyclic) bond motifs is 5. The lowest BCUT2D eigenvalue weighted by molar-refractivity contribution is 0.133. The smallest absolute Gasteiger partial charge is 0.143 e. The first-order valence-electron chi connectivity index (χ1n) is 12.3. The second kappa shape index (κ2) is 8.41. The Hall–Kier alpha value is -4.24. The molecule has 1 aromatic heterocycles. The number of benzene rings is 5. The number of hydrogen-bond acceptors (Lipinski definition) is 2. The summed E-state index contributed by atoms with van der Waals surface area (Å²) in [6.07, 6.45) is 0. The molecule has 0 amide bonds. The van der Waals surface area contributed by atoms with Gasteiger partial charge in [0.2, 0.25) is 0 Å². The van der Waals surface area contributed by atoms with Crippen molar-refractivity contribution in [2.45, 2.75) is 5.60 Å². The third-order valence-electron chi connectivity index (χ3n) is 7.34. The fraction of sp³-hybridized carbons (Fsp3) is 0.0294. The van der Waals surface area contributed by atoms with Crippen molar-refractivity contribution in [3.63, 3.8) is 0 Å². The molecule has 5 aromatic carbocycles. The number of hydrogen-bond donors (Lipinski definition) is 1. The first-order valence-corrected chi connectivity index (χ1v) is 12.7. The topological polar surface area (TPSA) is 33.1 Å². The van der Waals surface area contributed by atoms with E-state index in [1.807, 2.05) is 97.1 Å². The second-order valence-corrected chi connectivity index (χ2v) is 9.84. The molecule has 1 heterocycles. The highest BCUT2D eigenvalue weighted by Crippen LogP contribution is 2.57. The zero-order chi connectivity index (χ0) is 25.0. The Balaban J connectivity index is 1.65. The lowest BCUT2D eigenvalue weighted by Gasteiger charge is -2.30. The van der Waals surface area contributed by atoms with Crippen LogP contribution in [0.25, 0.3) is 44.4 Å². The monoisotopic (exact) mass is 495 g/mol. The Morgan fingerprint density at radius 3 is 2.00 bits per heavy atom. The minimum absolute atomic E-state index is 0.650. The van der Waals surface area contributed by atoms with E-state index in [2.05, 4.69) is 30.3 Å². The normalized spacial score (nSPS) is 15.9. The molecule has 0 radical (unpaired) electrons. The van der Waals surface area contributed by atoms with Crippen molar-refractivity contribution in [1.82, 2.24) is 4.98 Å². The van der Waals surface area contributed by atoms with Crippen molar-refractivity contribution in [1.29, 1.82) is 0 Å². The first kappa shape index (κ1) is 22.0. The van der Waals surface area contributed by atoms with Gasteiger partial charge in [-0.15, -0.1) is 0 Å². The molecule has 1 aliphatic carbocycles. The molecule has 0 saturated heterocycles. The zero-order valence-electron chi connectivity index (χ0n) is 19.9. The summed E-state index contributed by atoms with van der Waals surface area (Å²) in [5.74, 6) is 0. The maximum atomic E-state index is 13.1. The summed E-state index contributed by atoms with van der Waals surface area (Å²) >= 11 is 6.43. The molecule has 0 aliphatic heterocycles. The minimum Gasteiger partial charge on any atom is -0.376 e. The van der Waals surface area contributed by atoms with Gasteiger partial charge in [0.25, 0.3) is 0 Å². The Morgan fingerprint density at radius 1 is 0.595 bits per heavy atom. The van der Waals surface area contributed by atoms with E-state index in [-0.39, 0.29) is 0 Å². The van der Waals surface area contributed by atoms with Crippen LogP contribution in [-0.4, -0.2) is 10.1 Å². The summed E-state index contributed by atoms with van der Waals surface area (Å²) in [4.78, 5) is 5.13. The third kappa shape index (κ3) is 3.27. The van der Waals surface area contributed by atoms with Gasteiger partial charge in [-0.3, -0.25) is 0 Å². The predicted octanol–water partition coefficient (Wildman–Crippen LogP) is 8.49. The van der Waals surface area contributed by atoms with Gasteiger partial charge in [-0.25, -0.2) is 4.98 Å². The average Bonchev–Trinajstić information content (AvgIpc) is 3.23. The first-order chi connectivity index (χ1) is 18.2. The molecule has 0 fully saturated rings. The van der Waals surface area contributed by atoms with Crippen molar-refractivity contribution in [3.8, 4) is 33.5 Å². The molecular formula is C34H22ClNO. The van der Waals surface area contributed by atoms with Crippen LogP contribution in [0.15, 0.2) is 127 Å². The van der Waals surface area contributed by atoms with Crippen molar-refractivity contribution in [3.05, 3.63) is 149 Å². The van der Waals surface area contributed by atoms with Gasteiger partial charge in [-0.1, -0.05) is 121 Å². The Kier molecular flexibility index (Phi) is 5.00. The van der Waals surface area contributed by atoms with E-state index in [1.54, 1.807) is 0 Å². The summed E-state index contributed by atoms with van der Waals surface area (Å²) in [5, 5.41) is 14.7. The van der Waals surface area contributed by atoms with Gasteiger partial charge in [-0.2, -0.15) is 0 Å². The fourth-order valence-corrected chi connectivity index (χ4v) is 5.98. The summed E-state index contributed by atoms with van der Waals surface area (Å²) in [7, 11) is 0. The summed E-state index contributed by atoms with van der Waals surface area (Å²) in [6.45, 7) is 0. The number of pyridine rings is 1. The van der Waals surface area contributed by atoms with E-state index in [4.69, 9.17) is 16.6 Å². The van der Waals surface area contributed by atoms with Gasteiger partial charge < -0.3 is 5.11 Å². The van der Waals surface area contributed by atoms with Crippen LogP contribution in [-0.2, 0) is 5.60 Å². The molecule has 7 rings (SSSR count). The average molecular weight is 496 g/mol. The molecule has 176 valence electrons. The lowest BCUT2D eigenvalue weighted by atomic mass is 9.79. The van der Waals surface area contributed by atoms with Crippen LogP contribution in [0.1, 0.15) is 16.7 Å². The third-order valence-corrected chi connectivity index (χ3v) is 7.58. The summed E-state index contributed by atoms with van der Waals surface area (Å²) in [6, 6.07) is 42.4. The van der Waals surface area contributed by atoms with E-state index in [1.165, 1.54) is 0 Å². The molecule has 1 N–H and O–H groups in total. The van der Waals surface area contributed by atoms with Crippen molar-refractivity contribution in [2.75, 3.05) is 0 Å². The number of nitrogens with zero attached hydrogens (tertiary/aromatic N) is 1. The van der Waals surface area contributed by atoms with Gasteiger partial charge in [0.1, 0.15) is 5.60 Å². The predicted molar refractivity (Wildman–Crippen MR) is 152 cm³/mol.